The monoisotopic (exact) mass is 414 g/mol. The second-order valence-corrected chi connectivity index (χ2v) is 6.89. The molecule has 162 valence electrons. The van der Waals surface area contributed by atoms with Gasteiger partial charge in [0.1, 0.15) is 12.2 Å². The fourth-order valence-corrected chi connectivity index (χ4v) is 3.20. The molecule has 2 rings (SSSR count). The first-order valence-electron chi connectivity index (χ1n) is 9.78. The lowest BCUT2D eigenvalue weighted by Gasteiger charge is -2.24. The van der Waals surface area contributed by atoms with E-state index in [4.69, 9.17) is 24.1 Å². The minimum atomic E-state index is -2.06. The second-order valence-electron chi connectivity index (χ2n) is 6.89. The zero-order chi connectivity index (χ0) is 21.1. The molecule has 0 amide bonds. The van der Waals surface area contributed by atoms with Crippen molar-refractivity contribution in [3.05, 3.63) is 12.2 Å². The van der Waals surface area contributed by atoms with Crippen LogP contribution in [0.1, 0.15) is 64.2 Å². The van der Waals surface area contributed by atoms with Gasteiger partial charge in [0.2, 0.25) is 0 Å². The van der Waals surface area contributed by atoms with E-state index in [1.807, 2.05) is 0 Å². The van der Waals surface area contributed by atoms with Crippen molar-refractivity contribution in [1.29, 1.82) is 0 Å². The van der Waals surface area contributed by atoms with Gasteiger partial charge in [-0.2, -0.15) is 0 Å². The van der Waals surface area contributed by atoms with Gasteiger partial charge in [0, 0.05) is 12.2 Å². The van der Waals surface area contributed by atoms with E-state index in [1.165, 1.54) is 0 Å². The van der Waals surface area contributed by atoms with E-state index in [-0.39, 0.29) is 12.2 Å². The molecule has 0 saturated heterocycles. The Morgan fingerprint density at radius 1 is 0.690 bits per heavy atom. The van der Waals surface area contributed by atoms with Gasteiger partial charge in [-0.3, -0.25) is 0 Å². The van der Waals surface area contributed by atoms with E-state index in [2.05, 4.69) is 4.74 Å². The maximum Gasteiger partial charge on any atom is 0.514 e. The Hall–Kier alpha value is -2.78. The van der Waals surface area contributed by atoms with Crippen LogP contribution in [0.3, 0.4) is 0 Å². The highest BCUT2D eigenvalue weighted by Crippen LogP contribution is 2.22. The Bertz CT molecular complexity index is 568. The molecule has 0 aromatic rings. The van der Waals surface area contributed by atoms with Gasteiger partial charge in [-0.1, -0.05) is 12.8 Å². The molecule has 0 radical (unpaired) electrons. The second kappa shape index (κ2) is 11.9. The van der Waals surface area contributed by atoms with Gasteiger partial charge in [0.15, 0.2) is 0 Å². The standard InChI is InChI=1S/C19H26O10/c20-15(21)11-12-16(22)27-19(28-17(23)25-13-7-3-1-4-8-13)29-18(24)26-14-9-5-2-6-10-14/h11-14,19H,1-10H2,(H,20,21)/b12-11+. The number of carbonyl (C=O) groups is 4. The summed E-state index contributed by atoms with van der Waals surface area (Å²) in [7, 11) is 0. The Kier molecular flexibility index (Phi) is 9.26. The van der Waals surface area contributed by atoms with E-state index in [0.29, 0.717) is 37.8 Å². The van der Waals surface area contributed by atoms with E-state index < -0.39 is 30.7 Å². The average Bonchev–Trinajstić information content (AvgIpc) is 2.67. The molecule has 10 nitrogen and oxygen atoms in total. The largest absolute Gasteiger partial charge is 0.514 e. The van der Waals surface area contributed by atoms with Crippen LogP contribution < -0.4 is 0 Å². The summed E-state index contributed by atoms with van der Waals surface area (Å²) in [6.45, 7) is -2.06. The smallest absolute Gasteiger partial charge is 0.478 e. The molecule has 0 unspecified atom stereocenters. The fraction of sp³-hybridized carbons (Fsp3) is 0.684. The third-order valence-corrected chi connectivity index (χ3v) is 4.59. The van der Waals surface area contributed by atoms with Crippen molar-refractivity contribution in [3.63, 3.8) is 0 Å². The number of aliphatic carboxylic acids is 1. The lowest BCUT2D eigenvalue weighted by Crippen LogP contribution is -2.33. The summed E-state index contributed by atoms with van der Waals surface area (Å²) in [5.41, 5.74) is 0. The quantitative estimate of drug-likeness (QED) is 0.286. The van der Waals surface area contributed by atoms with Gasteiger partial charge in [-0.25, -0.2) is 19.2 Å². The van der Waals surface area contributed by atoms with Crippen LogP contribution in [0.4, 0.5) is 9.59 Å². The minimum Gasteiger partial charge on any atom is -0.478 e. The van der Waals surface area contributed by atoms with Crippen molar-refractivity contribution in [2.45, 2.75) is 82.9 Å². The Balaban J connectivity index is 1.89. The van der Waals surface area contributed by atoms with Crippen molar-refractivity contribution in [2.24, 2.45) is 0 Å². The molecule has 10 heteroatoms. The summed E-state index contributed by atoms with van der Waals surface area (Å²) in [4.78, 5) is 46.1. The van der Waals surface area contributed by atoms with E-state index in [0.717, 1.165) is 38.5 Å². The molecule has 2 fully saturated rings. The molecular weight excluding hydrogens is 388 g/mol. The van der Waals surface area contributed by atoms with E-state index in [9.17, 15) is 19.2 Å². The van der Waals surface area contributed by atoms with E-state index in [1.54, 1.807) is 0 Å². The number of ether oxygens (including phenoxy) is 5. The zero-order valence-corrected chi connectivity index (χ0v) is 16.1. The third-order valence-electron chi connectivity index (χ3n) is 4.59. The number of carboxylic acid groups (broad SMARTS) is 1. The predicted octanol–water partition coefficient (Wildman–Crippen LogP) is 3.43. The summed E-state index contributed by atoms with van der Waals surface area (Å²) < 4.78 is 24.5. The Labute approximate surface area is 168 Å². The highest BCUT2D eigenvalue weighted by molar-refractivity contribution is 5.90. The van der Waals surface area contributed by atoms with Crippen molar-refractivity contribution in [1.82, 2.24) is 0 Å². The highest BCUT2D eigenvalue weighted by atomic mass is 16.9. The molecule has 2 saturated carbocycles. The summed E-state index contributed by atoms with van der Waals surface area (Å²) in [5.74, 6) is -2.57. The van der Waals surface area contributed by atoms with E-state index >= 15 is 0 Å². The van der Waals surface area contributed by atoms with Crippen LogP contribution in [0.5, 0.6) is 0 Å². The number of carbonyl (C=O) groups excluding carboxylic acids is 3. The normalized spacial score (nSPS) is 18.2. The first-order valence-corrected chi connectivity index (χ1v) is 9.78. The van der Waals surface area contributed by atoms with Crippen LogP contribution in [0.25, 0.3) is 0 Å². The first-order chi connectivity index (χ1) is 13.9. The molecule has 0 aliphatic heterocycles. The predicted molar refractivity (Wildman–Crippen MR) is 95.5 cm³/mol. The molecule has 0 bridgehead atoms. The lowest BCUT2D eigenvalue weighted by molar-refractivity contribution is -0.240. The summed E-state index contributed by atoms with van der Waals surface area (Å²) in [6, 6.07) is 0. The number of rotatable bonds is 7. The Morgan fingerprint density at radius 3 is 1.55 bits per heavy atom. The third kappa shape index (κ3) is 9.31. The molecule has 1 N–H and O–H groups in total. The topological polar surface area (TPSA) is 135 Å². The summed E-state index contributed by atoms with van der Waals surface area (Å²) in [6.07, 6.45) is 6.66. The highest BCUT2D eigenvalue weighted by Gasteiger charge is 2.28. The minimum absolute atomic E-state index is 0.325. The van der Waals surface area contributed by atoms with Crippen molar-refractivity contribution >= 4 is 24.2 Å². The number of carboxylic acids is 1. The van der Waals surface area contributed by atoms with Crippen LogP contribution in [-0.4, -0.2) is 48.0 Å². The van der Waals surface area contributed by atoms with Crippen LogP contribution in [0.2, 0.25) is 0 Å². The summed E-state index contributed by atoms with van der Waals surface area (Å²) >= 11 is 0. The summed E-state index contributed by atoms with van der Waals surface area (Å²) in [5, 5.41) is 8.55. The van der Waals surface area contributed by atoms with Gasteiger partial charge in [-0.15, -0.1) is 0 Å². The van der Waals surface area contributed by atoms with Gasteiger partial charge in [0.25, 0.3) is 0 Å². The van der Waals surface area contributed by atoms with Crippen LogP contribution >= 0.6 is 0 Å². The molecule has 2 aliphatic carbocycles. The maximum absolute atomic E-state index is 12.0. The van der Waals surface area contributed by atoms with Gasteiger partial charge >= 0.3 is 30.7 Å². The number of hydrogen-bond donors (Lipinski definition) is 1. The molecule has 2 aliphatic rings. The van der Waals surface area contributed by atoms with Gasteiger partial charge < -0.3 is 28.8 Å². The maximum atomic E-state index is 12.0. The number of hydrogen-bond acceptors (Lipinski definition) is 9. The Morgan fingerprint density at radius 2 is 1.14 bits per heavy atom. The van der Waals surface area contributed by atoms with Crippen molar-refractivity contribution in [2.75, 3.05) is 0 Å². The molecule has 0 heterocycles. The molecule has 0 aromatic carbocycles. The molecule has 0 spiro atoms. The van der Waals surface area contributed by atoms with Crippen LogP contribution in [0, 0.1) is 0 Å². The van der Waals surface area contributed by atoms with Crippen molar-refractivity contribution < 1.29 is 48.0 Å². The van der Waals surface area contributed by atoms with Crippen LogP contribution in [-0.2, 0) is 33.3 Å². The average molecular weight is 414 g/mol. The van der Waals surface area contributed by atoms with Crippen LogP contribution in [0.15, 0.2) is 12.2 Å². The SMILES string of the molecule is O=C(O)/C=C/C(=O)OC(OC(=O)OC1CCCCC1)OC(=O)OC1CCCCC1. The zero-order valence-electron chi connectivity index (χ0n) is 16.1. The lowest BCUT2D eigenvalue weighted by atomic mass is 9.98. The fourth-order valence-electron chi connectivity index (χ4n) is 3.20. The van der Waals surface area contributed by atoms with Gasteiger partial charge in [-0.05, 0) is 51.4 Å². The molecule has 0 aromatic heterocycles. The van der Waals surface area contributed by atoms with Crippen molar-refractivity contribution in [3.8, 4) is 0 Å². The number of esters is 1. The first kappa shape index (κ1) is 22.5. The molecule has 0 atom stereocenters. The molecular formula is C19H26O10. The molecule has 29 heavy (non-hydrogen) atoms. The van der Waals surface area contributed by atoms with Gasteiger partial charge in [0.05, 0.1) is 0 Å².